The number of rotatable bonds is 6. The van der Waals surface area contributed by atoms with Crippen LogP contribution < -0.4 is 9.47 Å². The van der Waals surface area contributed by atoms with E-state index in [1.807, 2.05) is 25.1 Å². The summed E-state index contributed by atoms with van der Waals surface area (Å²) in [5, 5.41) is 0. The molecular weight excluding hydrogens is 320 g/mol. The van der Waals surface area contributed by atoms with Crippen LogP contribution in [0.4, 0.5) is 4.79 Å². The van der Waals surface area contributed by atoms with Crippen molar-refractivity contribution >= 4 is 6.09 Å². The number of likely N-dealkylation sites (tertiary alicyclic amines) is 1. The van der Waals surface area contributed by atoms with Crippen molar-refractivity contribution in [2.24, 2.45) is 0 Å². The summed E-state index contributed by atoms with van der Waals surface area (Å²) in [5.41, 5.74) is 1.12. The first kappa shape index (κ1) is 17.9. The van der Waals surface area contributed by atoms with Gasteiger partial charge in [-0.1, -0.05) is 12.5 Å². The summed E-state index contributed by atoms with van der Waals surface area (Å²) in [6, 6.07) is 5.96. The number of carbonyl (C=O) groups is 1. The van der Waals surface area contributed by atoms with Gasteiger partial charge in [-0.05, 0) is 57.0 Å². The first-order valence-electron chi connectivity index (χ1n) is 9.14. The molecular formula is C19H28N2O4. The molecule has 0 aliphatic carbocycles. The van der Waals surface area contributed by atoms with Gasteiger partial charge >= 0.3 is 6.09 Å². The first-order valence-corrected chi connectivity index (χ1v) is 9.14. The van der Waals surface area contributed by atoms with Crippen molar-refractivity contribution < 1.29 is 19.0 Å². The highest BCUT2D eigenvalue weighted by molar-refractivity contribution is 5.67. The van der Waals surface area contributed by atoms with E-state index in [4.69, 9.17) is 14.2 Å². The number of amides is 1. The smallest absolute Gasteiger partial charge is 0.409 e. The maximum atomic E-state index is 12.2. The number of hydrogen-bond acceptors (Lipinski definition) is 5. The molecule has 0 aromatic heterocycles. The number of benzene rings is 1. The molecule has 1 aromatic rings. The topological polar surface area (TPSA) is 51.2 Å². The molecule has 2 aliphatic heterocycles. The molecule has 25 heavy (non-hydrogen) atoms. The Labute approximate surface area is 149 Å². The minimum Gasteiger partial charge on any atom is -0.454 e. The van der Waals surface area contributed by atoms with E-state index in [0.29, 0.717) is 6.61 Å². The summed E-state index contributed by atoms with van der Waals surface area (Å²) in [4.78, 5) is 16.3. The zero-order valence-electron chi connectivity index (χ0n) is 15.2. The van der Waals surface area contributed by atoms with Crippen molar-refractivity contribution in [1.29, 1.82) is 0 Å². The maximum Gasteiger partial charge on any atom is 0.409 e. The Hall–Kier alpha value is -1.95. The monoisotopic (exact) mass is 348 g/mol. The molecule has 6 heteroatoms. The predicted octanol–water partition coefficient (Wildman–Crippen LogP) is 2.90. The molecule has 0 N–H and O–H groups in total. The van der Waals surface area contributed by atoms with E-state index in [-0.39, 0.29) is 18.9 Å². The molecule has 1 saturated heterocycles. The molecule has 1 amide bonds. The number of likely N-dealkylation sites (N-methyl/N-ethyl adjacent to an activating group) is 1. The fourth-order valence-electron chi connectivity index (χ4n) is 3.27. The summed E-state index contributed by atoms with van der Waals surface area (Å²) in [6.45, 7) is 5.83. The number of ether oxygens (including phenoxy) is 3. The van der Waals surface area contributed by atoms with Crippen molar-refractivity contribution in [3.8, 4) is 11.5 Å². The van der Waals surface area contributed by atoms with Crippen LogP contribution in [-0.2, 0) is 11.2 Å². The van der Waals surface area contributed by atoms with Gasteiger partial charge in [-0.25, -0.2) is 4.79 Å². The summed E-state index contributed by atoms with van der Waals surface area (Å²) in [7, 11) is 1.79. The highest BCUT2D eigenvalue weighted by atomic mass is 16.7. The molecule has 0 saturated carbocycles. The zero-order chi connectivity index (χ0) is 17.6. The lowest BCUT2D eigenvalue weighted by molar-refractivity contribution is 0.0847. The molecule has 6 nitrogen and oxygen atoms in total. The maximum absolute atomic E-state index is 12.2. The van der Waals surface area contributed by atoms with Crippen molar-refractivity contribution in [3.05, 3.63) is 23.8 Å². The van der Waals surface area contributed by atoms with Crippen LogP contribution in [0.2, 0.25) is 0 Å². The van der Waals surface area contributed by atoms with E-state index in [2.05, 4.69) is 4.90 Å². The Balaban J connectivity index is 1.43. The molecule has 1 aromatic carbocycles. The van der Waals surface area contributed by atoms with Gasteiger partial charge in [0.1, 0.15) is 6.61 Å². The largest absolute Gasteiger partial charge is 0.454 e. The second kappa shape index (κ2) is 8.43. The Kier molecular flexibility index (Phi) is 6.02. The Morgan fingerprint density at radius 2 is 2.00 bits per heavy atom. The number of piperidine rings is 1. The third-order valence-electron chi connectivity index (χ3n) is 5.00. The lowest BCUT2D eigenvalue weighted by Gasteiger charge is -2.27. The minimum absolute atomic E-state index is 0.0443. The average Bonchev–Trinajstić information content (AvgIpc) is 3.09. The van der Waals surface area contributed by atoms with Crippen molar-refractivity contribution in [2.75, 3.05) is 40.1 Å². The molecule has 0 unspecified atom stereocenters. The van der Waals surface area contributed by atoms with Gasteiger partial charge in [0.15, 0.2) is 11.5 Å². The molecule has 2 heterocycles. The van der Waals surface area contributed by atoms with E-state index in [9.17, 15) is 4.79 Å². The number of hydrogen-bond donors (Lipinski definition) is 0. The van der Waals surface area contributed by atoms with Crippen LogP contribution >= 0.6 is 0 Å². The number of carbonyl (C=O) groups excluding carboxylic acids is 1. The molecule has 3 rings (SSSR count). The predicted molar refractivity (Wildman–Crippen MR) is 95.1 cm³/mol. The third-order valence-corrected chi connectivity index (χ3v) is 5.00. The van der Waals surface area contributed by atoms with Crippen LogP contribution in [0.5, 0.6) is 11.5 Å². The van der Waals surface area contributed by atoms with E-state index in [1.165, 1.54) is 19.3 Å². The molecule has 1 fully saturated rings. The van der Waals surface area contributed by atoms with Crippen LogP contribution in [-0.4, -0.2) is 62.0 Å². The second-order valence-electron chi connectivity index (χ2n) is 6.87. The van der Waals surface area contributed by atoms with E-state index < -0.39 is 0 Å². The third kappa shape index (κ3) is 4.78. The molecule has 0 spiro atoms. The van der Waals surface area contributed by atoms with Gasteiger partial charge in [-0.3, -0.25) is 4.90 Å². The van der Waals surface area contributed by atoms with Gasteiger partial charge in [-0.15, -0.1) is 0 Å². The summed E-state index contributed by atoms with van der Waals surface area (Å²) in [5.74, 6) is 1.55. The molecule has 0 radical (unpaired) electrons. The van der Waals surface area contributed by atoms with E-state index in [0.717, 1.165) is 43.1 Å². The highest BCUT2D eigenvalue weighted by Crippen LogP contribution is 2.32. The van der Waals surface area contributed by atoms with Gasteiger partial charge in [0.05, 0.1) is 0 Å². The normalized spacial score (nSPS) is 18.0. The summed E-state index contributed by atoms with van der Waals surface area (Å²) >= 11 is 0. The Morgan fingerprint density at radius 1 is 1.24 bits per heavy atom. The quantitative estimate of drug-likeness (QED) is 0.791. The van der Waals surface area contributed by atoms with Crippen LogP contribution in [0.3, 0.4) is 0 Å². The summed E-state index contributed by atoms with van der Waals surface area (Å²) in [6.07, 6.45) is 4.30. The average molecular weight is 348 g/mol. The van der Waals surface area contributed by atoms with E-state index in [1.54, 1.807) is 11.9 Å². The standard InChI is InChI=1S/C19H28N2O4/c1-15(12-16-6-7-17-18(13-16)25-14-24-17)20(2)19(22)23-11-10-21-8-4-3-5-9-21/h6-7,13,15H,3-5,8-12,14H2,1-2H3/t15-/m0/s1. The van der Waals surface area contributed by atoms with Crippen molar-refractivity contribution in [3.63, 3.8) is 0 Å². The number of fused-ring (bicyclic) bond motifs is 1. The second-order valence-corrected chi connectivity index (χ2v) is 6.87. The molecule has 0 bridgehead atoms. The van der Waals surface area contributed by atoms with Gasteiger partial charge in [0.25, 0.3) is 0 Å². The van der Waals surface area contributed by atoms with Crippen LogP contribution in [0.1, 0.15) is 31.7 Å². The lowest BCUT2D eigenvalue weighted by Crippen LogP contribution is -2.39. The van der Waals surface area contributed by atoms with Gasteiger partial charge in [0.2, 0.25) is 6.79 Å². The summed E-state index contributed by atoms with van der Waals surface area (Å²) < 4.78 is 16.2. The molecule has 1 atom stereocenters. The zero-order valence-corrected chi connectivity index (χ0v) is 15.2. The van der Waals surface area contributed by atoms with Gasteiger partial charge in [0, 0.05) is 19.6 Å². The Bertz CT molecular complexity index is 587. The van der Waals surface area contributed by atoms with E-state index >= 15 is 0 Å². The highest BCUT2D eigenvalue weighted by Gasteiger charge is 2.20. The fourth-order valence-corrected chi connectivity index (χ4v) is 3.27. The van der Waals surface area contributed by atoms with Gasteiger partial charge in [-0.2, -0.15) is 0 Å². The van der Waals surface area contributed by atoms with Crippen molar-refractivity contribution in [2.45, 2.75) is 38.6 Å². The Morgan fingerprint density at radius 3 is 2.80 bits per heavy atom. The van der Waals surface area contributed by atoms with Crippen LogP contribution in [0, 0.1) is 0 Å². The number of nitrogens with zero attached hydrogens (tertiary/aromatic N) is 2. The minimum atomic E-state index is -0.259. The molecule has 138 valence electrons. The fraction of sp³-hybridized carbons (Fsp3) is 0.632. The van der Waals surface area contributed by atoms with Gasteiger partial charge < -0.3 is 19.1 Å². The lowest BCUT2D eigenvalue weighted by atomic mass is 10.1. The van der Waals surface area contributed by atoms with Crippen LogP contribution in [0.25, 0.3) is 0 Å². The van der Waals surface area contributed by atoms with Crippen molar-refractivity contribution in [1.82, 2.24) is 9.80 Å². The first-order chi connectivity index (χ1) is 12.1. The SMILES string of the molecule is C[C@@H](Cc1ccc2c(c1)OCO2)N(C)C(=O)OCCN1CCCCC1. The van der Waals surface area contributed by atoms with Crippen LogP contribution in [0.15, 0.2) is 18.2 Å². The molecule has 2 aliphatic rings.